The zero-order valence-corrected chi connectivity index (χ0v) is 8.83. The van der Waals surface area contributed by atoms with Crippen LogP contribution in [0.25, 0.3) is 0 Å². The lowest BCUT2D eigenvalue weighted by Crippen LogP contribution is -2.39. The number of carbonyl (C=O) groups is 1. The minimum atomic E-state index is -0.0935. The molecule has 0 bridgehead atoms. The molecule has 0 heterocycles. The van der Waals surface area contributed by atoms with Crippen LogP contribution in [-0.4, -0.2) is 30.6 Å². The molecule has 0 aliphatic heterocycles. The van der Waals surface area contributed by atoms with E-state index in [1.807, 2.05) is 18.7 Å². The lowest BCUT2D eigenvalue weighted by atomic mass is 10.3. The number of thioether (sulfide) groups is 1. The predicted molar refractivity (Wildman–Crippen MR) is 54.7 cm³/mol. The topological polar surface area (TPSA) is 41.1 Å². The van der Waals surface area contributed by atoms with Crippen LogP contribution in [-0.2, 0) is 0 Å². The second-order valence-corrected chi connectivity index (χ2v) is 4.00. The Morgan fingerprint density at radius 1 is 1.58 bits per heavy atom. The second kappa shape index (κ2) is 7.28. The molecular weight excluding hydrogens is 172 g/mol. The molecule has 3 nitrogen and oxygen atoms in total. The van der Waals surface area contributed by atoms with E-state index in [0.717, 1.165) is 17.9 Å². The average molecular weight is 190 g/mol. The van der Waals surface area contributed by atoms with Gasteiger partial charge in [-0.3, -0.25) is 0 Å². The van der Waals surface area contributed by atoms with Crippen LogP contribution in [0.4, 0.5) is 4.79 Å². The van der Waals surface area contributed by atoms with E-state index in [1.165, 1.54) is 0 Å². The number of rotatable bonds is 5. The highest BCUT2D eigenvalue weighted by molar-refractivity contribution is 7.99. The van der Waals surface area contributed by atoms with Crippen LogP contribution in [0.3, 0.4) is 0 Å². The molecule has 0 aromatic heterocycles. The Kier molecular flexibility index (Phi) is 7.05. The van der Waals surface area contributed by atoms with Crippen molar-refractivity contribution in [3.05, 3.63) is 0 Å². The van der Waals surface area contributed by atoms with Gasteiger partial charge in [0.1, 0.15) is 0 Å². The van der Waals surface area contributed by atoms with Crippen molar-refractivity contribution in [2.45, 2.75) is 26.3 Å². The van der Waals surface area contributed by atoms with Crippen LogP contribution in [0.1, 0.15) is 20.3 Å². The van der Waals surface area contributed by atoms with Gasteiger partial charge in [-0.15, -0.1) is 0 Å². The predicted octanol–water partition coefficient (Wildman–Crippen LogP) is 1.45. The Bertz CT molecular complexity index is 130. The van der Waals surface area contributed by atoms with Crippen LogP contribution in [0.2, 0.25) is 0 Å². The summed E-state index contributed by atoms with van der Waals surface area (Å²) in [5.74, 6) is 2.26. The van der Waals surface area contributed by atoms with E-state index in [-0.39, 0.29) is 12.1 Å². The molecule has 0 rings (SSSR count). The second-order valence-electron chi connectivity index (χ2n) is 2.61. The van der Waals surface area contributed by atoms with Crippen LogP contribution in [0, 0.1) is 0 Å². The standard InChI is InChI=1S/C8H18N2OS/c1-4-12-6-5-7(2)10-8(11)9-3/h7H,4-6H2,1-3H3,(H2,9,10,11). The van der Waals surface area contributed by atoms with Gasteiger partial charge in [0.05, 0.1) is 0 Å². The normalized spacial score (nSPS) is 12.2. The van der Waals surface area contributed by atoms with Gasteiger partial charge in [-0.05, 0) is 24.9 Å². The summed E-state index contributed by atoms with van der Waals surface area (Å²) < 4.78 is 0. The summed E-state index contributed by atoms with van der Waals surface area (Å²) in [5.41, 5.74) is 0. The molecule has 0 saturated carbocycles. The SMILES string of the molecule is CCSCCC(C)NC(=O)NC. The number of nitrogens with one attached hydrogen (secondary N) is 2. The van der Waals surface area contributed by atoms with Gasteiger partial charge in [0.15, 0.2) is 0 Å². The molecule has 2 amide bonds. The first kappa shape index (κ1) is 11.6. The van der Waals surface area contributed by atoms with Crippen molar-refractivity contribution in [3.8, 4) is 0 Å². The molecular formula is C8H18N2OS. The molecule has 0 saturated heterocycles. The van der Waals surface area contributed by atoms with Crippen LogP contribution in [0.5, 0.6) is 0 Å². The molecule has 0 aromatic rings. The van der Waals surface area contributed by atoms with Crippen molar-refractivity contribution in [1.29, 1.82) is 0 Å². The number of urea groups is 1. The highest BCUT2D eigenvalue weighted by Crippen LogP contribution is 2.03. The number of hydrogen-bond acceptors (Lipinski definition) is 2. The maximum absolute atomic E-state index is 10.8. The molecule has 0 fully saturated rings. The first-order valence-electron chi connectivity index (χ1n) is 4.26. The molecule has 2 N–H and O–H groups in total. The van der Waals surface area contributed by atoms with E-state index in [1.54, 1.807) is 7.05 Å². The smallest absolute Gasteiger partial charge is 0.314 e. The zero-order chi connectivity index (χ0) is 9.40. The van der Waals surface area contributed by atoms with Gasteiger partial charge in [-0.25, -0.2) is 4.79 Å². The molecule has 1 atom stereocenters. The summed E-state index contributed by atoms with van der Waals surface area (Å²) in [7, 11) is 1.63. The summed E-state index contributed by atoms with van der Waals surface area (Å²) >= 11 is 1.90. The number of carbonyl (C=O) groups excluding carboxylic acids is 1. The molecule has 0 spiro atoms. The van der Waals surface area contributed by atoms with Crippen LogP contribution in [0.15, 0.2) is 0 Å². The van der Waals surface area contributed by atoms with Crippen molar-refractivity contribution in [3.63, 3.8) is 0 Å². The largest absolute Gasteiger partial charge is 0.341 e. The van der Waals surface area contributed by atoms with Gasteiger partial charge in [-0.2, -0.15) is 11.8 Å². The lowest BCUT2D eigenvalue weighted by molar-refractivity contribution is 0.239. The van der Waals surface area contributed by atoms with Gasteiger partial charge < -0.3 is 10.6 Å². The zero-order valence-electron chi connectivity index (χ0n) is 8.02. The average Bonchev–Trinajstić information content (AvgIpc) is 2.05. The molecule has 0 aliphatic rings. The molecule has 72 valence electrons. The Labute approximate surface area is 78.7 Å². The monoisotopic (exact) mass is 190 g/mol. The highest BCUT2D eigenvalue weighted by atomic mass is 32.2. The summed E-state index contributed by atoms with van der Waals surface area (Å²) in [6.07, 6.45) is 1.03. The molecule has 12 heavy (non-hydrogen) atoms. The van der Waals surface area contributed by atoms with E-state index >= 15 is 0 Å². The van der Waals surface area contributed by atoms with Gasteiger partial charge >= 0.3 is 6.03 Å². The fourth-order valence-corrected chi connectivity index (χ4v) is 1.58. The third kappa shape index (κ3) is 6.34. The summed E-state index contributed by atoms with van der Waals surface area (Å²) in [4.78, 5) is 10.8. The summed E-state index contributed by atoms with van der Waals surface area (Å²) in [6.45, 7) is 4.16. The Hall–Kier alpha value is -0.380. The van der Waals surface area contributed by atoms with E-state index in [2.05, 4.69) is 17.6 Å². The van der Waals surface area contributed by atoms with E-state index in [4.69, 9.17) is 0 Å². The molecule has 0 radical (unpaired) electrons. The van der Waals surface area contributed by atoms with Crippen molar-refractivity contribution in [1.82, 2.24) is 10.6 Å². The van der Waals surface area contributed by atoms with Gasteiger partial charge in [0, 0.05) is 13.1 Å². The van der Waals surface area contributed by atoms with Crippen LogP contribution >= 0.6 is 11.8 Å². The Balaban J connectivity index is 3.32. The summed E-state index contributed by atoms with van der Waals surface area (Å²) in [5, 5.41) is 5.35. The maximum atomic E-state index is 10.8. The first-order chi connectivity index (χ1) is 5.70. The molecule has 0 aliphatic carbocycles. The lowest BCUT2D eigenvalue weighted by Gasteiger charge is -2.12. The number of amides is 2. The fraction of sp³-hybridized carbons (Fsp3) is 0.875. The van der Waals surface area contributed by atoms with Crippen molar-refractivity contribution in [2.75, 3.05) is 18.6 Å². The van der Waals surface area contributed by atoms with E-state index in [0.29, 0.717) is 0 Å². The summed E-state index contributed by atoms with van der Waals surface area (Å²) in [6, 6.07) is 0.174. The van der Waals surface area contributed by atoms with Crippen molar-refractivity contribution >= 4 is 17.8 Å². The Morgan fingerprint density at radius 2 is 2.25 bits per heavy atom. The van der Waals surface area contributed by atoms with Crippen molar-refractivity contribution < 1.29 is 4.79 Å². The Morgan fingerprint density at radius 3 is 2.75 bits per heavy atom. The van der Waals surface area contributed by atoms with E-state index in [9.17, 15) is 4.79 Å². The van der Waals surface area contributed by atoms with Crippen molar-refractivity contribution in [2.24, 2.45) is 0 Å². The highest BCUT2D eigenvalue weighted by Gasteiger charge is 2.03. The van der Waals surface area contributed by atoms with Gasteiger partial charge in [-0.1, -0.05) is 6.92 Å². The maximum Gasteiger partial charge on any atom is 0.314 e. The number of hydrogen-bond donors (Lipinski definition) is 2. The molecule has 1 unspecified atom stereocenters. The third-order valence-electron chi connectivity index (χ3n) is 1.50. The van der Waals surface area contributed by atoms with Crippen LogP contribution < -0.4 is 10.6 Å². The van der Waals surface area contributed by atoms with Gasteiger partial charge in [0.25, 0.3) is 0 Å². The first-order valence-corrected chi connectivity index (χ1v) is 5.42. The fourth-order valence-electron chi connectivity index (χ4n) is 0.773. The van der Waals surface area contributed by atoms with E-state index < -0.39 is 0 Å². The minimum Gasteiger partial charge on any atom is -0.341 e. The molecule has 4 heteroatoms. The minimum absolute atomic E-state index is 0.0935. The third-order valence-corrected chi connectivity index (χ3v) is 2.44. The quantitative estimate of drug-likeness (QED) is 0.644. The molecule has 0 aromatic carbocycles. The van der Waals surface area contributed by atoms with Gasteiger partial charge in [0.2, 0.25) is 0 Å².